The minimum absolute atomic E-state index is 0.0851. The van der Waals surface area contributed by atoms with Gasteiger partial charge in [-0.05, 0) is 36.3 Å². The maximum absolute atomic E-state index is 11.9. The Kier molecular flexibility index (Phi) is 4.31. The Morgan fingerprint density at radius 2 is 2.33 bits per heavy atom. The van der Waals surface area contributed by atoms with E-state index in [4.69, 9.17) is 5.73 Å². The summed E-state index contributed by atoms with van der Waals surface area (Å²) in [6, 6.07) is 3.58. The summed E-state index contributed by atoms with van der Waals surface area (Å²) in [7, 11) is 0. The van der Waals surface area contributed by atoms with Crippen molar-refractivity contribution < 1.29 is 4.79 Å². The highest BCUT2D eigenvalue weighted by Gasteiger charge is 2.21. The first-order chi connectivity index (χ1) is 8.69. The lowest BCUT2D eigenvalue weighted by molar-refractivity contribution is 0.0942. The number of aromatic nitrogens is 1. The van der Waals surface area contributed by atoms with Gasteiger partial charge < -0.3 is 11.1 Å². The van der Waals surface area contributed by atoms with E-state index in [2.05, 4.69) is 17.2 Å². The molecule has 1 heterocycles. The van der Waals surface area contributed by atoms with Gasteiger partial charge in [0.05, 0.1) is 0 Å². The molecular formula is C14H21N3O. The highest BCUT2D eigenvalue weighted by Crippen LogP contribution is 2.29. The van der Waals surface area contributed by atoms with Crippen molar-refractivity contribution in [1.29, 1.82) is 0 Å². The summed E-state index contributed by atoms with van der Waals surface area (Å²) in [4.78, 5) is 16.0. The molecule has 2 unspecified atom stereocenters. The number of nitrogens with zero attached hydrogens (tertiary/aromatic N) is 1. The quantitative estimate of drug-likeness (QED) is 0.851. The summed E-state index contributed by atoms with van der Waals surface area (Å²) >= 11 is 0. The van der Waals surface area contributed by atoms with Gasteiger partial charge >= 0.3 is 0 Å². The molecule has 1 saturated carbocycles. The lowest BCUT2D eigenvalue weighted by Crippen LogP contribution is -2.29. The van der Waals surface area contributed by atoms with Crippen LogP contribution in [0.15, 0.2) is 18.3 Å². The Labute approximate surface area is 108 Å². The maximum Gasteiger partial charge on any atom is 0.269 e. The van der Waals surface area contributed by atoms with Crippen LogP contribution in [0.2, 0.25) is 0 Å². The zero-order chi connectivity index (χ0) is 13.0. The van der Waals surface area contributed by atoms with Gasteiger partial charge in [0.1, 0.15) is 5.69 Å². The minimum atomic E-state index is -0.0851. The third-order valence-electron chi connectivity index (χ3n) is 3.65. The molecule has 1 aliphatic rings. The lowest BCUT2D eigenvalue weighted by Gasteiger charge is -2.10. The molecule has 1 aliphatic carbocycles. The van der Waals surface area contributed by atoms with Gasteiger partial charge in [0, 0.05) is 19.3 Å². The number of hydrogen-bond donors (Lipinski definition) is 2. The van der Waals surface area contributed by atoms with E-state index in [1.54, 1.807) is 12.3 Å². The van der Waals surface area contributed by atoms with Crippen LogP contribution in [0.1, 0.15) is 42.2 Å². The number of nitrogens with one attached hydrogen (secondary N) is 1. The van der Waals surface area contributed by atoms with E-state index in [0.29, 0.717) is 18.2 Å². The van der Waals surface area contributed by atoms with E-state index in [1.807, 2.05) is 6.07 Å². The van der Waals surface area contributed by atoms with Crippen LogP contribution >= 0.6 is 0 Å². The zero-order valence-corrected chi connectivity index (χ0v) is 10.9. The van der Waals surface area contributed by atoms with Gasteiger partial charge in [-0.3, -0.25) is 9.78 Å². The summed E-state index contributed by atoms with van der Waals surface area (Å²) in [6.07, 6.45) is 5.39. The molecule has 4 nitrogen and oxygen atoms in total. The van der Waals surface area contributed by atoms with E-state index in [9.17, 15) is 4.79 Å². The third kappa shape index (κ3) is 3.29. The first-order valence-electron chi connectivity index (χ1n) is 6.62. The Bertz CT molecular complexity index is 402. The summed E-state index contributed by atoms with van der Waals surface area (Å²) in [5, 5.41) is 2.97. The van der Waals surface area contributed by atoms with Gasteiger partial charge in [0.2, 0.25) is 0 Å². The molecule has 0 saturated heterocycles. The van der Waals surface area contributed by atoms with E-state index >= 15 is 0 Å². The van der Waals surface area contributed by atoms with Gasteiger partial charge in [0.25, 0.3) is 5.91 Å². The van der Waals surface area contributed by atoms with Crippen LogP contribution in [-0.2, 0) is 6.54 Å². The molecule has 1 aromatic rings. The number of hydrogen-bond acceptors (Lipinski definition) is 3. The Balaban J connectivity index is 1.83. The zero-order valence-electron chi connectivity index (χ0n) is 10.9. The average Bonchev–Trinajstić information content (AvgIpc) is 2.82. The van der Waals surface area contributed by atoms with Crippen molar-refractivity contribution in [3.8, 4) is 0 Å². The van der Waals surface area contributed by atoms with Crippen LogP contribution in [0.4, 0.5) is 0 Å². The molecule has 0 aromatic carbocycles. The van der Waals surface area contributed by atoms with Gasteiger partial charge in [-0.2, -0.15) is 0 Å². The molecule has 2 rings (SSSR count). The number of amides is 1. The average molecular weight is 247 g/mol. The number of pyridine rings is 1. The second-order valence-corrected chi connectivity index (χ2v) is 5.25. The summed E-state index contributed by atoms with van der Waals surface area (Å²) in [5.74, 6) is 1.35. The van der Waals surface area contributed by atoms with Crippen molar-refractivity contribution in [1.82, 2.24) is 10.3 Å². The van der Waals surface area contributed by atoms with Gasteiger partial charge in [-0.15, -0.1) is 0 Å². The lowest BCUT2D eigenvalue weighted by atomic mass is 10.1. The number of nitrogens with two attached hydrogens (primary N) is 1. The van der Waals surface area contributed by atoms with Crippen molar-refractivity contribution in [3.63, 3.8) is 0 Å². The summed E-state index contributed by atoms with van der Waals surface area (Å²) in [6.45, 7) is 3.49. The monoisotopic (exact) mass is 247 g/mol. The molecule has 2 atom stereocenters. The molecule has 0 bridgehead atoms. The van der Waals surface area contributed by atoms with Crippen LogP contribution in [-0.4, -0.2) is 17.4 Å². The fraction of sp³-hybridized carbons (Fsp3) is 0.571. The molecule has 1 aromatic heterocycles. The molecule has 4 heteroatoms. The fourth-order valence-electron chi connectivity index (χ4n) is 2.52. The molecule has 3 N–H and O–H groups in total. The van der Waals surface area contributed by atoms with E-state index in [0.717, 1.165) is 18.0 Å². The van der Waals surface area contributed by atoms with Crippen LogP contribution in [0, 0.1) is 11.8 Å². The van der Waals surface area contributed by atoms with Crippen LogP contribution in [0.3, 0.4) is 0 Å². The minimum Gasteiger partial charge on any atom is -0.350 e. The van der Waals surface area contributed by atoms with Crippen molar-refractivity contribution in [2.24, 2.45) is 17.6 Å². The molecule has 0 aliphatic heterocycles. The molecule has 0 radical (unpaired) electrons. The van der Waals surface area contributed by atoms with Crippen molar-refractivity contribution in [3.05, 3.63) is 29.6 Å². The Morgan fingerprint density at radius 1 is 1.50 bits per heavy atom. The van der Waals surface area contributed by atoms with E-state index in [-0.39, 0.29) is 5.91 Å². The van der Waals surface area contributed by atoms with Crippen molar-refractivity contribution >= 4 is 5.91 Å². The maximum atomic E-state index is 11.9. The highest BCUT2D eigenvalue weighted by atomic mass is 16.1. The number of carbonyl (C=O) groups excluding carboxylic acids is 1. The smallest absolute Gasteiger partial charge is 0.269 e. The third-order valence-corrected chi connectivity index (χ3v) is 3.65. The topological polar surface area (TPSA) is 68.0 Å². The predicted molar refractivity (Wildman–Crippen MR) is 71.0 cm³/mol. The normalized spacial score (nSPS) is 23.0. The molecule has 1 amide bonds. The van der Waals surface area contributed by atoms with Crippen LogP contribution < -0.4 is 11.1 Å². The molecule has 18 heavy (non-hydrogen) atoms. The fourth-order valence-corrected chi connectivity index (χ4v) is 2.52. The summed E-state index contributed by atoms with van der Waals surface area (Å²) in [5.41, 5.74) is 6.90. The second-order valence-electron chi connectivity index (χ2n) is 5.25. The van der Waals surface area contributed by atoms with Crippen LogP contribution in [0.5, 0.6) is 0 Å². The van der Waals surface area contributed by atoms with E-state index < -0.39 is 0 Å². The predicted octanol–water partition coefficient (Wildman–Crippen LogP) is 1.71. The SMILES string of the molecule is CC1CCC(CNC(=O)c2ccc(CN)cn2)C1. The van der Waals surface area contributed by atoms with Crippen molar-refractivity contribution in [2.75, 3.05) is 6.54 Å². The number of carbonyl (C=O) groups is 1. The first-order valence-corrected chi connectivity index (χ1v) is 6.62. The van der Waals surface area contributed by atoms with E-state index in [1.165, 1.54) is 19.3 Å². The summed E-state index contributed by atoms with van der Waals surface area (Å²) < 4.78 is 0. The number of rotatable bonds is 4. The molecule has 0 spiro atoms. The van der Waals surface area contributed by atoms with Crippen LogP contribution in [0.25, 0.3) is 0 Å². The largest absolute Gasteiger partial charge is 0.350 e. The van der Waals surface area contributed by atoms with Crippen molar-refractivity contribution in [2.45, 2.75) is 32.7 Å². The standard InChI is InChI=1S/C14H21N3O/c1-10-2-3-11(6-10)8-17-14(18)13-5-4-12(7-15)9-16-13/h4-5,9-11H,2-3,6-8,15H2,1H3,(H,17,18). The molecule has 98 valence electrons. The van der Waals surface area contributed by atoms with Gasteiger partial charge in [0.15, 0.2) is 0 Å². The van der Waals surface area contributed by atoms with Gasteiger partial charge in [-0.25, -0.2) is 0 Å². The Morgan fingerprint density at radius 3 is 2.89 bits per heavy atom. The highest BCUT2D eigenvalue weighted by molar-refractivity contribution is 5.92. The first kappa shape index (κ1) is 13.0. The second kappa shape index (κ2) is 5.96. The molecular weight excluding hydrogens is 226 g/mol. The Hall–Kier alpha value is -1.42. The molecule has 1 fully saturated rings. The van der Waals surface area contributed by atoms with Gasteiger partial charge in [-0.1, -0.05) is 19.4 Å².